The van der Waals surface area contributed by atoms with E-state index < -0.39 is 0 Å². The summed E-state index contributed by atoms with van der Waals surface area (Å²) in [5.41, 5.74) is 9.66. The summed E-state index contributed by atoms with van der Waals surface area (Å²) in [6.45, 7) is 2.09. The summed E-state index contributed by atoms with van der Waals surface area (Å²) in [7, 11) is 0. The molecule has 0 N–H and O–H groups in total. The molecule has 5 heteroatoms. The molecule has 7 aromatic rings. The predicted octanol–water partition coefficient (Wildman–Crippen LogP) is 8.97. The smallest absolute Gasteiger partial charge is 0.164 e. The molecule has 0 amide bonds. The molecule has 0 saturated carbocycles. The fourth-order valence-corrected chi connectivity index (χ4v) is 4.99. The second-order valence-electron chi connectivity index (χ2n) is 10.4. The summed E-state index contributed by atoms with van der Waals surface area (Å²) in [5.74, 6) is 1.84. The summed E-state index contributed by atoms with van der Waals surface area (Å²) in [6, 6.07) is 45.0. The summed E-state index contributed by atoms with van der Waals surface area (Å²) in [5, 5.41) is 0. The van der Waals surface area contributed by atoms with Crippen LogP contribution in [0.2, 0.25) is 0 Å². The van der Waals surface area contributed by atoms with Gasteiger partial charge in [-0.25, -0.2) is 15.0 Å². The molecule has 204 valence electrons. The summed E-state index contributed by atoms with van der Waals surface area (Å²) in [6.07, 6.45) is 3.66. The molecule has 5 aromatic carbocycles. The van der Waals surface area contributed by atoms with Gasteiger partial charge in [0.25, 0.3) is 0 Å². The van der Waals surface area contributed by atoms with Gasteiger partial charge in [-0.3, -0.25) is 9.97 Å². The maximum atomic E-state index is 4.98. The van der Waals surface area contributed by atoms with Gasteiger partial charge in [0.15, 0.2) is 17.5 Å². The molecule has 0 fully saturated rings. The Balaban J connectivity index is 1.40. The Bertz CT molecular complexity index is 1930. The van der Waals surface area contributed by atoms with Crippen LogP contribution < -0.4 is 0 Å². The lowest BCUT2D eigenvalue weighted by molar-refractivity contribution is 1.07. The van der Waals surface area contributed by atoms with E-state index in [0.29, 0.717) is 17.5 Å². The average molecular weight is 554 g/mol. The Kier molecular flexibility index (Phi) is 7.04. The minimum absolute atomic E-state index is 0.594. The molecule has 7 rings (SSSR count). The van der Waals surface area contributed by atoms with Crippen molar-refractivity contribution < 1.29 is 0 Å². The van der Waals surface area contributed by atoms with Crippen molar-refractivity contribution in [1.82, 2.24) is 24.9 Å². The number of benzene rings is 5. The normalized spacial score (nSPS) is 10.9. The number of hydrogen-bond acceptors (Lipinski definition) is 5. The molecule has 0 aliphatic rings. The molecule has 2 heterocycles. The Morgan fingerprint density at radius 2 is 0.767 bits per heavy atom. The fourth-order valence-electron chi connectivity index (χ4n) is 4.99. The van der Waals surface area contributed by atoms with Crippen LogP contribution in [-0.4, -0.2) is 24.9 Å². The van der Waals surface area contributed by atoms with E-state index in [0.717, 1.165) is 50.3 Å². The monoisotopic (exact) mass is 553 g/mol. The van der Waals surface area contributed by atoms with Crippen LogP contribution in [0.25, 0.3) is 67.8 Å². The Morgan fingerprint density at radius 1 is 0.349 bits per heavy atom. The van der Waals surface area contributed by atoms with E-state index in [9.17, 15) is 0 Å². The van der Waals surface area contributed by atoms with Crippen molar-refractivity contribution in [1.29, 1.82) is 0 Å². The molecule has 5 nitrogen and oxygen atoms in total. The van der Waals surface area contributed by atoms with Gasteiger partial charge < -0.3 is 0 Å². The number of hydrogen-bond donors (Lipinski definition) is 0. The molecular weight excluding hydrogens is 526 g/mol. The molecule has 0 aliphatic carbocycles. The Hall–Kier alpha value is -5.81. The number of nitrogens with zero attached hydrogens (tertiary/aromatic N) is 5. The van der Waals surface area contributed by atoms with Crippen LogP contribution >= 0.6 is 0 Å². The molecular formula is C38H27N5. The van der Waals surface area contributed by atoms with Gasteiger partial charge in [-0.05, 0) is 36.2 Å². The molecule has 0 aliphatic heterocycles. The first-order valence-electron chi connectivity index (χ1n) is 14.2. The first-order chi connectivity index (χ1) is 21.2. The second-order valence-corrected chi connectivity index (χ2v) is 10.4. The van der Waals surface area contributed by atoms with Crippen LogP contribution in [-0.2, 0) is 0 Å². The molecule has 0 radical (unpaired) electrons. The van der Waals surface area contributed by atoms with E-state index in [1.807, 2.05) is 103 Å². The highest BCUT2D eigenvalue weighted by Gasteiger charge is 2.15. The van der Waals surface area contributed by atoms with Crippen molar-refractivity contribution in [2.24, 2.45) is 0 Å². The highest BCUT2D eigenvalue weighted by molar-refractivity contribution is 5.79. The van der Waals surface area contributed by atoms with Gasteiger partial charge >= 0.3 is 0 Å². The maximum absolute atomic E-state index is 4.98. The zero-order valence-corrected chi connectivity index (χ0v) is 23.6. The van der Waals surface area contributed by atoms with Gasteiger partial charge in [0.1, 0.15) is 0 Å². The van der Waals surface area contributed by atoms with Crippen LogP contribution in [0.5, 0.6) is 0 Å². The molecule has 0 bridgehead atoms. The topological polar surface area (TPSA) is 64.5 Å². The van der Waals surface area contributed by atoms with Crippen molar-refractivity contribution in [2.45, 2.75) is 6.92 Å². The highest BCUT2D eigenvalue weighted by Crippen LogP contribution is 2.33. The predicted molar refractivity (Wildman–Crippen MR) is 173 cm³/mol. The molecule has 43 heavy (non-hydrogen) atoms. The molecule has 2 aromatic heterocycles. The third kappa shape index (κ3) is 5.69. The van der Waals surface area contributed by atoms with Gasteiger partial charge in [0.05, 0.1) is 23.8 Å². The van der Waals surface area contributed by atoms with E-state index in [1.165, 1.54) is 5.56 Å². The third-order valence-electron chi connectivity index (χ3n) is 7.29. The van der Waals surface area contributed by atoms with E-state index in [-0.39, 0.29) is 0 Å². The molecule has 0 atom stereocenters. The van der Waals surface area contributed by atoms with Crippen LogP contribution in [0, 0.1) is 6.92 Å². The summed E-state index contributed by atoms with van der Waals surface area (Å²) >= 11 is 0. The highest BCUT2D eigenvalue weighted by atomic mass is 15.0. The first kappa shape index (κ1) is 26.1. The first-order valence-corrected chi connectivity index (χ1v) is 14.2. The van der Waals surface area contributed by atoms with E-state index in [1.54, 1.807) is 0 Å². The van der Waals surface area contributed by atoms with Crippen LogP contribution in [0.1, 0.15) is 5.56 Å². The summed E-state index contributed by atoms with van der Waals surface area (Å²) < 4.78 is 0. The zero-order valence-electron chi connectivity index (χ0n) is 23.6. The van der Waals surface area contributed by atoms with Crippen LogP contribution in [0.4, 0.5) is 0 Å². The second kappa shape index (κ2) is 11.6. The van der Waals surface area contributed by atoms with Crippen molar-refractivity contribution >= 4 is 0 Å². The largest absolute Gasteiger partial charge is 0.252 e. The van der Waals surface area contributed by atoms with Gasteiger partial charge in [-0.2, -0.15) is 0 Å². The third-order valence-corrected chi connectivity index (χ3v) is 7.29. The molecule has 0 spiro atoms. The fraction of sp³-hybridized carbons (Fsp3) is 0.0263. The lowest BCUT2D eigenvalue weighted by atomic mass is 9.97. The minimum atomic E-state index is 0.594. The quantitative estimate of drug-likeness (QED) is 0.206. The Labute approximate surface area is 250 Å². The lowest BCUT2D eigenvalue weighted by Crippen LogP contribution is -2.00. The van der Waals surface area contributed by atoms with Gasteiger partial charge in [0, 0.05) is 27.8 Å². The number of aromatic nitrogens is 5. The van der Waals surface area contributed by atoms with E-state index in [4.69, 9.17) is 24.9 Å². The van der Waals surface area contributed by atoms with Gasteiger partial charge in [-0.15, -0.1) is 0 Å². The van der Waals surface area contributed by atoms with E-state index in [2.05, 4.69) is 49.4 Å². The zero-order chi connectivity index (χ0) is 29.0. The minimum Gasteiger partial charge on any atom is -0.252 e. The maximum Gasteiger partial charge on any atom is 0.164 e. The number of aryl methyl sites for hydroxylation is 1. The average Bonchev–Trinajstić information content (AvgIpc) is 3.09. The van der Waals surface area contributed by atoms with Crippen LogP contribution in [0.3, 0.4) is 0 Å². The van der Waals surface area contributed by atoms with Gasteiger partial charge in [0.2, 0.25) is 0 Å². The lowest BCUT2D eigenvalue weighted by Gasteiger charge is -2.12. The molecule has 0 saturated heterocycles. The standard InChI is InChI=1S/C38H27N5/c1-26-17-19-27(20-18-26)31-21-32(35-25-39-34(24-40-35)28-11-5-2-6-12-28)23-33(22-31)38-42-36(29-13-7-3-8-14-29)41-37(43-38)30-15-9-4-10-16-30/h2-25H,1H3. The van der Waals surface area contributed by atoms with E-state index >= 15 is 0 Å². The SMILES string of the molecule is Cc1ccc(-c2cc(-c3cnc(-c4ccccc4)cn3)cc(-c3nc(-c4ccccc4)nc(-c4ccccc4)n3)c2)cc1. The van der Waals surface area contributed by atoms with Crippen molar-refractivity contribution in [3.63, 3.8) is 0 Å². The van der Waals surface area contributed by atoms with Crippen molar-refractivity contribution in [3.8, 4) is 67.8 Å². The van der Waals surface area contributed by atoms with Crippen molar-refractivity contribution in [3.05, 3.63) is 151 Å². The molecule has 0 unspecified atom stereocenters. The number of rotatable bonds is 6. The van der Waals surface area contributed by atoms with Crippen LogP contribution in [0.15, 0.2) is 146 Å². The van der Waals surface area contributed by atoms with Gasteiger partial charge in [-0.1, -0.05) is 121 Å². The summed E-state index contributed by atoms with van der Waals surface area (Å²) in [4.78, 5) is 24.4. The Morgan fingerprint density at radius 3 is 1.28 bits per heavy atom. The van der Waals surface area contributed by atoms with Crippen molar-refractivity contribution in [2.75, 3.05) is 0 Å².